The number of fused-ring (bicyclic) bond motifs is 1. The van der Waals surface area contributed by atoms with Crippen LogP contribution in [0.2, 0.25) is 0 Å². The molecule has 10 nitrogen and oxygen atoms in total. The number of carbonyl (C=O) groups excluding carboxylic acids is 2. The zero-order valence-corrected chi connectivity index (χ0v) is 24.0. The smallest absolute Gasteiger partial charge is 0.277 e. The summed E-state index contributed by atoms with van der Waals surface area (Å²) < 4.78 is 3.55. The van der Waals surface area contributed by atoms with Crippen LogP contribution >= 0.6 is 0 Å². The highest BCUT2D eigenvalue weighted by Gasteiger charge is 2.13. The summed E-state index contributed by atoms with van der Waals surface area (Å²) in [6, 6.07) is 27.1. The Morgan fingerprint density at radius 1 is 0.767 bits per heavy atom. The lowest BCUT2D eigenvalue weighted by molar-refractivity contribution is -0.0757. The summed E-state index contributed by atoms with van der Waals surface area (Å²) in [4.78, 5) is 29.5. The van der Waals surface area contributed by atoms with Crippen molar-refractivity contribution in [1.29, 1.82) is 0 Å². The molecule has 6 aromatic rings. The van der Waals surface area contributed by atoms with Gasteiger partial charge in [0.25, 0.3) is 5.91 Å². The first-order valence-electron chi connectivity index (χ1n) is 13.7. The minimum Gasteiger partial charge on any atom is -0.294 e. The van der Waals surface area contributed by atoms with Gasteiger partial charge in [-0.05, 0) is 41.0 Å². The van der Waals surface area contributed by atoms with E-state index in [2.05, 4.69) is 20.6 Å². The Morgan fingerprint density at radius 2 is 1.37 bits per heavy atom. The molecule has 0 fully saturated rings. The lowest BCUT2D eigenvalue weighted by Crippen LogP contribution is -2.25. The minimum absolute atomic E-state index is 0.0474. The van der Waals surface area contributed by atoms with E-state index in [1.807, 2.05) is 91.3 Å². The maximum atomic E-state index is 12.4. The second-order valence-electron chi connectivity index (χ2n) is 10.2. The molecule has 0 bridgehead atoms. The molecule has 2 aromatic heterocycles. The Bertz CT molecular complexity index is 1940. The quantitative estimate of drug-likeness (QED) is 0.171. The maximum Gasteiger partial charge on any atom is 0.277 e. The fourth-order valence-electron chi connectivity index (χ4n) is 5.08. The highest BCUT2D eigenvalue weighted by molar-refractivity contribution is 6.07. The standard InChI is InChI=1S/C33H29N7O3/c1-22(41)28-10-6-11-29-27(9-5-12-30(28)29)19-40-21-32(35-37-40)25-15-13-24(14-16-25)31-20-39(36-34-31)18-23-7-4-8-26(17-23)33(42)38(2)43-3/h4-17,20-21H,18-19H2,1-3H3. The Kier molecular flexibility index (Phi) is 7.59. The fraction of sp³-hybridized carbons (Fsp3) is 0.152. The fourth-order valence-corrected chi connectivity index (χ4v) is 5.08. The first-order chi connectivity index (χ1) is 20.9. The monoisotopic (exact) mass is 571 g/mol. The van der Waals surface area contributed by atoms with Gasteiger partial charge in [0, 0.05) is 29.3 Å². The molecule has 0 atom stereocenters. The highest BCUT2D eigenvalue weighted by atomic mass is 16.7. The Balaban J connectivity index is 1.15. The van der Waals surface area contributed by atoms with Gasteiger partial charge in [-0.15, -0.1) is 10.2 Å². The van der Waals surface area contributed by atoms with E-state index in [-0.39, 0.29) is 11.7 Å². The average molecular weight is 572 g/mol. The molecule has 0 radical (unpaired) electrons. The highest BCUT2D eigenvalue weighted by Crippen LogP contribution is 2.25. The number of carbonyl (C=O) groups is 2. The summed E-state index contributed by atoms with van der Waals surface area (Å²) in [6.07, 6.45) is 3.80. The lowest BCUT2D eigenvalue weighted by Gasteiger charge is -2.14. The van der Waals surface area contributed by atoms with Gasteiger partial charge in [-0.1, -0.05) is 83.2 Å². The van der Waals surface area contributed by atoms with Gasteiger partial charge in [0.2, 0.25) is 0 Å². The van der Waals surface area contributed by atoms with Gasteiger partial charge in [-0.3, -0.25) is 14.4 Å². The van der Waals surface area contributed by atoms with Gasteiger partial charge in [0.05, 0.1) is 32.6 Å². The third kappa shape index (κ3) is 5.81. The second-order valence-corrected chi connectivity index (χ2v) is 10.2. The van der Waals surface area contributed by atoms with E-state index >= 15 is 0 Å². The van der Waals surface area contributed by atoms with Gasteiger partial charge >= 0.3 is 0 Å². The number of nitrogens with zero attached hydrogens (tertiary/aromatic N) is 7. The zero-order valence-electron chi connectivity index (χ0n) is 24.0. The molecule has 0 aliphatic carbocycles. The van der Waals surface area contributed by atoms with Crippen molar-refractivity contribution < 1.29 is 14.4 Å². The summed E-state index contributed by atoms with van der Waals surface area (Å²) in [5.74, 6) is -0.174. The minimum atomic E-state index is -0.222. The van der Waals surface area contributed by atoms with Crippen molar-refractivity contribution in [2.75, 3.05) is 14.2 Å². The van der Waals surface area contributed by atoms with Crippen molar-refractivity contribution in [2.24, 2.45) is 0 Å². The molecule has 10 heteroatoms. The summed E-state index contributed by atoms with van der Waals surface area (Å²) >= 11 is 0. The lowest BCUT2D eigenvalue weighted by atomic mass is 9.98. The third-order valence-electron chi connectivity index (χ3n) is 7.36. The summed E-state index contributed by atoms with van der Waals surface area (Å²) in [5, 5.41) is 20.5. The SMILES string of the molecule is CON(C)C(=O)c1cccc(Cn2cc(-c3ccc(-c4cn(Cc5cccc6c(C(C)=O)cccc56)nn4)cc3)nn2)c1. The summed E-state index contributed by atoms with van der Waals surface area (Å²) in [6.45, 7) is 2.60. The molecular formula is C33H29N7O3. The molecule has 4 aromatic carbocycles. The normalized spacial score (nSPS) is 11.1. The zero-order chi connectivity index (χ0) is 29.9. The number of hydrogen-bond donors (Lipinski definition) is 0. The summed E-state index contributed by atoms with van der Waals surface area (Å²) in [5.41, 5.74) is 6.59. The number of ketones is 1. The molecule has 0 unspecified atom stereocenters. The average Bonchev–Trinajstić information content (AvgIpc) is 3.70. The topological polar surface area (TPSA) is 108 Å². The van der Waals surface area contributed by atoms with Crippen LogP contribution in [0.3, 0.4) is 0 Å². The molecule has 43 heavy (non-hydrogen) atoms. The Labute approximate surface area is 248 Å². The molecule has 0 saturated heterocycles. The van der Waals surface area contributed by atoms with Gasteiger partial charge in [-0.2, -0.15) is 0 Å². The summed E-state index contributed by atoms with van der Waals surface area (Å²) in [7, 11) is 3.03. The van der Waals surface area contributed by atoms with Gasteiger partial charge in [0.15, 0.2) is 5.78 Å². The molecule has 2 heterocycles. The van der Waals surface area contributed by atoms with Gasteiger partial charge < -0.3 is 0 Å². The van der Waals surface area contributed by atoms with E-state index in [1.165, 1.54) is 12.2 Å². The van der Waals surface area contributed by atoms with Crippen molar-refractivity contribution in [3.8, 4) is 22.5 Å². The van der Waals surface area contributed by atoms with Crippen molar-refractivity contribution in [2.45, 2.75) is 20.0 Å². The van der Waals surface area contributed by atoms with Crippen molar-refractivity contribution in [3.63, 3.8) is 0 Å². The largest absolute Gasteiger partial charge is 0.294 e. The molecule has 0 N–H and O–H groups in total. The number of amides is 1. The number of Topliss-reactive ketones (excluding diaryl/α,β-unsaturated/α-hetero) is 1. The van der Waals surface area contributed by atoms with E-state index in [0.29, 0.717) is 18.7 Å². The third-order valence-corrected chi connectivity index (χ3v) is 7.36. The van der Waals surface area contributed by atoms with Crippen LogP contribution in [-0.2, 0) is 17.9 Å². The van der Waals surface area contributed by atoms with E-state index < -0.39 is 0 Å². The van der Waals surface area contributed by atoms with E-state index in [1.54, 1.807) is 29.4 Å². The molecule has 6 rings (SSSR count). The molecular weight excluding hydrogens is 542 g/mol. The molecule has 214 valence electrons. The van der Waals surface area contributed by atoms with Crippen molar-refractivity contribution in [1.82, 2.24) is 35.1 Å². The van der Waals surface area contributed by atoms with Crippen LogP contribution in [0.25, 0.3) is 33.3 Å². The molecule has 0 aliphatic rings. The molecule has 0 saturated carbocycles. The predicted molar refractivity (Wildman–Crippen MR) is 162 cm³/mol. The van der Waals surface area contributed by atoms with Crippen LogP contribution in [-0.4, -0.2) is 60.9 Å². The number of benzene rings is 4. The molecule has 0 aliphatic heterocycles. The van der Waals surface area contributed by atoms with E-state index in [0.717, 1.165) is 50.0 Å². The van der Waals surface area contributed by atoms with E-state index in [4.69, 9.17) is 4.84 Å². The van der Waals surface area contributed by atoms with Crippen LogP contribution in [0.1, 0.15) is 38.8 Å². The van der Waals surface area contributed by atoms with Gasteiger partial charge in [0.1, 0.15) is 11.4 Å². The Morgan fingerprint density at radius 3 is 2.02 bits per heavy atom. The number of hydroxylamine groups is 2. The van der Waals surface area contributed by atoms with Gasteiger partial charge in [-0.25, -0.2) is 14.4 Å². The Hall–Kier alpha value is -5.48. The van der Waals surface area contributed by atoms with Crippen molar-refractivity contribution >= 4 is 22.5 Å². The number of aromatic nitrogens is 6. The van der Waals surface area contributed by atoms with Crippen LogP contribution in [0.5, 0.6) is 0 Å². The van der Waals surface area contributed by atoms with Crippen LogP contribution in [0, 0.1) is 0 Å². The van der Waals surface area contributed by atoms with E-state index in [9.17, 15) is 9.59 Å². The first kappa shape index (κ1) is 27.7. The number of hydrogen-bond acceptors (Lipinski definition) is 7. The first-order valence-corrected chi connectivity index (χ1v) is 13.7. The predicted octanol–water partition coefficient (Wildman–Crippen LogP) is 5.29. The van der Waals surface area contributed by atoms with Crippen molar-refractivity contribution in [3.05, 3.63) is 120 Å². The van der Waals surface area contributed by atoms with Crippen LogP contribution < -0.4 is 0 Å². The molecule has 1 amide bonds. The van der Waals surface area contributed by atoms with Crippen LogP contribution in [0.4, 0.5) is 0 Å². The van der Waals surface area contributed by atoms with Crippen LogP contribution in [0.15, 0.2) is 97.3 Å². The molecule has 0 spiro atoms. The number of rotatable bonds is 9. The maximum absolute atomic E-state index is 12.4. The second kappa shape index (κ2) is 11.8.